The van der Waals surface area contributed by atoms with Crippen LogP contribution in [0.25, 0.3) is 0 Å². The number of piperidine rings is 1. The third-order valence-electron chi connectivity index (χ3n) is 3.48. The molecule has 1 rings (SSSR count). The number of nitrogens with zero attached hydrogens (tertiary/aromatic N) is 2. The van der Waals surface area contributed by atoms with Crippen LogP contribution in [0.4, 0.5) is 0 Å². The van der Waals surface area contributed by atoms with Crippen LogP contribution in [-0.4, -0.2) is 56.8 Å². The molecule has 2 unspecified atom stereocenters. The van der Waals surface area contributed by atoms with Crippen molar-refractivity contribution in [3.05, 3.63) is 0 Å². The number of hydrogen-bond donors (Lipinski definition) is 1. The first-order valence-electron chi connectivity index (χ1n) is 6.34. The minimum absolute atomic E-state index is 0.415. The molecule has 0 radical (unpaired) electrons. The van der Waals surface area contributed by atoms with Crippen LogP contribution >= 0.6 is 0 Å². The normalized spacial score (nSPS) is 27.6. The Morgan fingerprint density at radius 3 is 2.47 bits per heavy atom. The summed E-state index contributed by atoms with van der Waals surface area (Å²) in [6.07, 6.45) is 1.91. The average molecular weight is 263 g/mol. The Morgan fingerprint density at radius 1 is 1.35 bits per heavy atom. The first kappa shape index (κ1) is 14.9. The van der Waals surface area contributed by atoms with E-state index in [1.807, 2.05) is 0 Å². The molecule has 1 heterocycles. The molecule has 1 fully saturated rings. The maximum Gasteiger partial charge on any atom is 0.281 e. The van der Waals surface area contributed by atoms with Gasteiger partial charge in [-0.3, -0.25) is 0 Å². The first-order chi connectivity index (χ1) is 7.93. The zero-order chi connectivity index (χ0) is 13.1. The van der Waals surface area contributed by atoms with E-state index in [-0.39, 0.29) is 0 Å². The summed E-state index contributed by atoms with van der Waals surface area (Å²) in [6, 6.07) is 0.457. The summed E-state index contributed by atoms with van der Waals surface area (Å²) >= 11 is 0. The van der Waals surface area contributed by atoms with Crippen LogP contribution in [-0.2, 0) is 10.2 Å². The fourth-order valence-corrected chi connectivity index (χ4v) is 3.56. The topological polar surface area (TPSA) is 52.7 Å². The van der Waals surface area contributed by atoms with Crippen LogP contribution in [0.2, 0.25) is 0 Å². The maximum absolute atomic E-state index is 12.0. The zero-order valence-corrected chi connectivity index (χ0v) is 12.1. The SMILES string of the molecule is CCNC1CCN(S(=O)(=O)N(C)C)CC1CC. The molecule has 17 heavy (non-hydrogen) atoms. The highest BCUT2D eigenvalue weighted by molar-refractivity contribution is 7.86. The highest BCUT2D eigenvalue weighted by atomic mass is 32.2. The van der Waals surface area contributed by atoms with E-state index in [2.05, 4.69) is 19.2 Å². The second kappa shape index (κ2) is 6.13. The molecular weight excluding hydrogens is 238 g/mol. The van der Waals surface area contributed by atoms with Gasteiger partial charge < -0.3 is 5.32 Å². The van der Waals surface area contributed by atoms with Crippen molar-refractivity contribution in [3.63, 3.8) is 0 Å². The van der Waals surface area contributed by atoms with E-state index in [4.69, 9.17) is 0 Å². The summed E-state index contributed by atoms with van der Waals surface area (Å²) in [6.45, 7) is 6.42. The number of nitrogens with one attached hydrogen (secondary N) is 1. The Balaban J connectivity index is 2.72. The Kier molecular flexibility index (Phi) is 5.37. The second-order valence-corrected chi connectivity index (χ2v) is 6.91. The van der Waals surface area contributed by atoms with Gasteiger partial charge in [-0.15, -0.1) is 0 Å². The van der Waals surface area contributed by atoms with Crippen molar-refractivity contribution in [2.75, 3.05) is 33.7 Å². The quantitative estimate of drug-likeness (QED) is 0.786. The molecule has 1 aliphatic rings. The molecule has 1 N–H and O–H groups in total. The fourth-order valence-electron chi connectivity index (χ4n) is 2.38. The summed E-state index contributed by atoms with van der Waals surface area (Å²) < 4.78 is 27.0. The van der Waals surface area contributed by atoms with Crippen molar-refractivity contribution >= 4 is 10.2 Å². The van der Waals surface area contributed by atoms with Gasteiger partial charge in [0.05, 0.1) is 0 Å². The molecule has 0 bridgehead atoms. The molecule has 1 aliphatic heterocycles. The summed E-state index contributed by atoms with van der Waals surface area (Å²) in [4.78, 5) is 0. The Morgan fingerprint density at radius 2 is 2.00 bits per heavy atom. The van der Waals surface area contributed by atoms with Gasteiger partial charge in [0.1, 0.15) is 0 Å². The Bertz CT molecular complexity index is 330. The van der Waals surface area contributed by atoms with Gasteiger partial charge in [0, 0.05) is 33.2 Å². The van der Waals surface area contributed by atoms with Gasteiger partial charge in [0.2, 0.25) is 0 Å². The van der Waals surface area contributed by atoms with Crippen LogP contribution in [0.5, 0.6) is 0 Å². The summed E-state index contributed by atoms with van der Waals surface area (Å²) in [5.74, 6) is 0.415. The highest BCUT2D eigenvalue weighted by Gasteiger charge is 2.34. The molecule has 0 aliphatic carbocycles. The van der Waals surface area contributed by atoms with Crippen molar-refractivity contribution in [3.8, 4) is 0 Å². The molecule has 102 valence electrons. The van der Waals surface area contributed by atoms with Gasteiger partial charge in [-0.1, -0.05) is 20.3 Å². The monoisotopic (exact) mass is 263 g/mol. The van der Waals surface area contributed by atoms with E-state index >= 15 is 0 Å². The summed E-state index contributed by atoms with van der Waals surface area (Å²) in [7, 11) is -0.0625. The van der Waals surface area contributed by atoms with Crippen molar-refractivity contribution in [2.45, 2.75) is 32.7 Å². The molecule has 2 atom stereocenters. The van der Waals surface area contributed by atoms with Crippen LogP contribution in [0.3, 0.4) is 0 Å². The molecule has 0 amide bonds. The van der Waals surface area contributed by atoms with Crippen molar-refractivity contribution in [1.29, 1.82) is 0 Å². The highest BCUT2D eigenvalue weighted by Crippen LogP contribution is 2.23. The van der Waals surface area contributed by atoms with Crippen molar-refractivity contribution < 1.29 is 8.42 Å². The van der Waals surface area contributed by atoms with Crippen LogP contribution in [0.15, 0.2) is 0 Å². The van der Waals surface area contributed by atoms with Gasteiger partial charge in [-0.25, -0.2) is 0 Å². The maximum atomic E-state index is 12.0. The standard InChI is InChI=1S/C11H25N3O2S/c1-5-10-9-14(17(15,16)13(3)4)8-7-11(10)12-6-2/h10-12H,5-9H2,1-4H3. The van der Waals surface area contributed by atoms with E-state index in [1.54, 1.807) is 18.4 Å². The molecule has 0 aromatic heterocycles. The lowest BCUT2D eigenvalue weighted by atomic mass is 9.91. The van der Waals surface area contributed by atoms with Crippen molar-refractivity contribution in [2.24, 2.45) is 5.92 Å². The van der Waals surface area contributed by atoms with Gasteiger partial charge in [-0.2, -0.15) is 17.0 Å². The lowest BCUT2D eigenvalue weighted by Gasteiger charge is -2.38. The molecule has 5 nitrogen and oxygen atoms in total. The minimum Gasteiger partial charge on any atom is -0.314 e. The molecule has 0 aromatic carbocycles. The lowest BCUT2D eigenvalue weighted by molar-refractivity contribution is 0.198. The van der Waals surface area contributed by atoms with E-state index in [9.17, 15) is 8.42 Å². The van der Waals surface area contributed by atoms with E-state index in [0.29, 0.717) is 25.0 Å². The van der Waals surface area contributed by atoms with Gasteiger partial charge in [0.15, 0.2) is 0 Å². The average Bonchev–Trinajstić information content (AvgIpc) is 2.29. The third-order valence-corrected chi connectivity index (χ3v) is 5.38. The lowest BCUT2D eigenvalue weighted by Crippen LogP contribution is -2.53. The molecule has 1 saturated heterocycles. The largest absolute Gasteiger partial charge is 0.314 e. The molecule has 6 heteroatoms. The third kappa shape index (κ3) is 3.40. The molecule has 0 saturated carbocycles. The fraction of sp³-hybridized carbons (Fsp3) is 1.00. The van der Waals surface area contributed by atoms with Crippen LogP contribution in [0.1, 0.15) is 26.7 Å². The molecular formula is C11H25N3O2S. The van der Waals surface area contributed by atoms with E-state index < -0.39 is 10.2 Å². The smallest absolute Gasteiger partial charge is 0.281 e. The van der Waals surface area contributed by atoms with Crippen LogP contribution in [0, 0.1) is 5.92 Å². The van der Waals surface area contributed by atoms with Gasteiger partial charge in [-0.05, 0) is 18.9 Å². The minimum atomic E-state index is -3.24. The van der Waals surface area contributed by atoms with E-state index in [1.165, 1.54) is 4.31 Å². The molecule has 0 spiro atoms. The predicted octanol–water partition coefficient (Wildman–Crippen LogP) is 0.503. The zero-order valence-electron chi connectivity index (χ0n) is 11.3. The predicted molar refractivity (Wildman–Crippen MR) is 70.0 cm³/mol. The number of rotatable bonds is 5. The Labute approximate surface area is 105 Å². The summed E-state index contributed by atoms with van der Waals surface area (Å²) in [5.41, 5.74) is 0. The van der Waals surface area contributed by atoms with Crippen LogP contribution < -0.4 is 5.32 Å². The van der Waals surface area contributed by atoms with Gasteiger partial charge >= 0.3 is 0 Å². The van der Waals surface area contributed by atoms with Gasteiger partial charge in [0.25, 0.3) is 10.2 Å². The van der Waals surface area contributed by atoms with Crippen molar-refractivity contribution in [1.82, 2.24) is 13.9 Å². The summed E-state index contributed by atoms with van der Waals surface area (Å²) in [5, 5.41) is 3.45. The Hall–Kier alpha value is -0.170. The molecule has 0 aromatic rings. The first-order valence-corrected chi connectivity index (χ1v) is 7.74. The number of hydrogen-bond acceptors (Lipinski definition) is 3. The van der Waals surface area contributed by atoms with E-state index in [0.717, 1.165) is 19.4 Å². The second-order valence-electron chi connectivity index (χ2n) is 4.77.